The zero-order chi connectivity index (χ0) is 15.8. The van der Waals surface area contributed by atoms with E-state index in [1.807, 2.05) is 0 Å². The predicted octanol–water partition coefficient (Wildman–Crippen LogP) is 3.22. The van der Waals surface area contributed by atoms with Crippen molar-refractivity contribution in [3.63, 3.8) is 0 Å². The average molecular weight is 318 g/mol. The third-order valence-corrected chi connectivity index (χ3v) is 3.46. The van der Waals surface area contributed by atoms with E-state index >= 15 is 0 Å². The van der Waals surface area contributed by atoms with Crippen molar-refractivity contribution in [3.05, 3.63) is 46.0 Å². The lowest BCUT2D eigenvalue weighted by molar-refractivity contribution is -0.137. The molecule has 0 saturated carbocycles. The molecule has 4 nitrogen and oxygen atoms in total. The summed E-state index contributed by atoms with van der Waals surface area (Å²) in [6.45, 7) is 1.70. The van der Waals surface area contributed by atoms with Crippen LogP contribution in [0.5, 0.6) is 0 Å². The molecule has 0 fully saturated rings. The molecule has 0 aliphatic rings. The number of carbonyl (C=O) groups is 1. The van der Waals surface area contributed by atoms with E-state index in [0.717, 1.165) is 12.1 Å². The molecule has 0 unspecified atom stereocenters. The largest absolute Gasteiger partial charge is 0.417 e. The number of aryl methyl sites for hydroxylation is 2. The first-order valence-corrected chi connectivity index (χ1v) is 6.32. The molecule has 0 N–H and O–H groups in total. The Morgan fingerprint density at radius 3 is 2.48 bits per heavy atom. The van der Waals surface area contributed by atoms with Gasteiger partial charge in [-0.15, -0.1) is 0 Å². The van der Waals surface area contributed by atoms with Crippen molar-refractivity contribution in [1.82, 2.24) is 14.8 Å². The minimum atomic E-state index is -4.48. The van der Waals surface area contributed by atoms with Crippen LogP contribution in [0.4, 0.5) is 13.2 Å². The van der Waals surface area contributed by atoms with Gasteiger partial charge < -0.3 is 0 Å². The number of nitrogens with zero attached hydrogens (tertiary/aromatic N) is 3. The summed E-state index contributed by atoms with van der Waals surface area (Å²) in [7, 11) is 1.64. The quantitative estimate of drug-likeness (QED) is 0.817. The van der Waals surface area contributed by atoms with Crippen LogP contribution in [0, 0.1) is 6.92 Å². The lowest BCUT2D eigenvalue weighted by Gasteiger charge is -2.06. The van der Waals surface area contributed by atoms with E-state index in [2.05, 4.69) is 10.1 Å². The molecule has 0 aromatic carbocycles. The van der Waals surface area contributed by atoms with Gasteiger partial charge in [0.2, 0.25) is 0 Å². The van der Waals surface area contributed by atoms with E-state index in [1.54, 1.807) is 14.0 Å². The Balaban J connectivity index is 2.21. The normalized spacial score (nSPS) is 11.7. The summed E-state index contributed by atoms with van der Waals surface area (Å²) >= 11 is 6.03. The standard InChI is InChI=1S/C13H11ClF3N3O/c1-7-12(14)10(20(2)19-7)5-11(21)9-4-3-8(6-18-9)13(15,16)17/h3-4,6H,5H2,1-2H3. The van der Waals surface area contributed by atoms with Crippen molar-refractivity contribution in [2.75, 3.05) is 0 Å². The fourth-order valence-electron chi connectivity index (χ4n) is 1.84. The number of Topliss-reactive ketones (excluding diaryl/α,β-unsaturated/α-hetero) is 1. The van der Waals surface area contributed by atoms with Crippen molar-refractivity contribution in [2.24, 2.45) is 7.05 Å². The number of halogens is 4. The van der Waals surface area contributed by atoms with Crippen LogP contribution in [0.15, 0.2) is 18.3 Å². The minimum Gasteiger partial charge on any atom is -0.292 e. The molecule has 2 heterocycles. The molecule has 2 rings (SSSR count). The topological polar surface area (TPSA) is 47.8 Å². The Labute approximate surface area is 123 Å². The van der Waals surface area contributed by atoms with Gasteiger partial charge in [0.25, 0.3) is 0 Å². The molecular formula is C13H11ClF3N3O. The van der Waals surface area contributed by atoms with Crippen LogP contribution < -0.4 is 0 Å². The number of carbonyl (C=O) groups excluding carboxylic acids is 1. The monoisotopic (exact) mass is 317 g/mol. The molecule has 21 heavy (non-hydrogen) atoms. The van der Waals surface area contributed by atoms with Crippen LogP contribution in [-0.4, -0.2) is 20.5 Å². The van der Waals surface area contributed by atoms with Crippen LogP contribution in [0.3, 0.4) is 0 Å². The Morgan fingerprint density at radius 2 is 2.05 bits per heavy atom. The molecule has 0 spiro atoms. The maximum Gasteiger partial charge on any atom is 0.417 e. The Morgan fingerprint density at radius 1 is 1.38 bits per heavy atom. The number of pyridine rings is 1. The van der Waals surface area contributed by atoms with Gasteiger partial charge in [0.15, 0.2) is 5.78 Å². The van der Waals surface area contributed by atoms with E-state index in [1.165, 1.54) is 4.68 Å². The Hall–Kier alpha value is -1.89. The number of hydrogen-bond acceptors (Lipinski definition) is 3. The second-order valence-electron chi connectivity index (χ2n) is 4.50. The lowest BCUT2D eigenvalue weighted by atomic mass is 10.1. The third kappa shape index (κ3) is 3.24. The summed E-state index contributed by atoms with van der Waals surface area (Å²) in [5.74, 6) is -0.423. The first-order chi connectivity index (χ1) is 9.70. The molecule has 0 atom stereocenters. The van der Waals surface area contributed by atoms with Gasteiger partial charge in [0.05, 0.1) is 28.4 Å². The van der Waals surface area contributed by atoms with E-state index in [0.29, 0.717) is 22.6 Å². The number of aromatic nitrogens is 3. The molecule has 0 amide bonds. The van der Waals surface area contributed by atoms with Crippen LogP contribution in [0.2, 0.25) is 5.02 Å². The fraction of sp³-hybridized carbons (Fsp3) is 0.308. The zero-order valence-corrected chi connectivity index (χ0v) is 12.0. The summed E-state index contributed by atoms with van der Waals surface area (Å²) in [6.07, 6.45) is -3.91. The van der Waals surface area contributed by atoms with Gasteiger partial charge in [-0.2, -0.15) is 18.3 Å². The van der Waals surface area contributed by atoms with Crippen LogP contribution in [0.25, 0.3) is 0 Å². The molecule has 2 aromatic rings. The van der Waals surface area contributed by atoms with E-state index < -0.39 is 17.5 Å². The number of hydrogen-bond donors (Lipinski definition) is 0. The number of alkyl halides is 3. The number of rotatable bonds is 3. The summed E-state index contributed by atoms with van der Waals surface area (Å²) in [5.41, 5.74) is 0.148. The van der Waals surface area contributed by atoms with Gasteiger partial charge in [-0.05, 0) is 19.1 Å². The third-order valence-electron chi connectivity index (χ3n) is 2.97. The van der Waals surface area contributed by atoms with Crippen molar-refractivity contribution in [2.45, 2.75) is 19.5 Å². The SMILES string of the molecule is Cc1nn(C)c(CC(=O)c2ccc(C(F)(F)F)cn2)c1Cl. The van der Waals surface area contributed by atoms with Crippen LogP contribution in [-0.2, 0) is 19.6 Å². The van der Waals surface area contributed by atoms with Gasteiger partial charge in [-0.3, -0.25) is 14.5 Å². The molecule has 0 saturated heterocycles. The van der Waals surface area contributed by atoms with Gasteiger partial charge in [-0.25, -0.2) is 0 Å². The maximum atomic E-state index is 12.4. The van der Waals surface area contributed by atoms with Gasteiger partial charge in [0.1, 0.15) is 5.69 Å². The average Bonchev–Trinajstić information content (AvgIpc) is 2.64. The highest BCUT2D eigenvalue weighted by atomic mass is 35.5. The highest BCUT2D eigenvalue weighted by Gasteiger charge is 2.31. The maximum absolute atomic E-state index is 12.4. The highest BCUT2D eigenvalue weighted by Crippen LogP contribution is 2.28. The van der Waals surface area contributed by atoms with Gasteiger partial charge >= 0.3 is 6.18 Å². The summed E-state index contributed by atoms with van der Waals surface area (Å²) < 4.78 is 38.7. The lowest BCUT2D eigenvalue weighted by Crippen LogP contribution is -2.11. The summed E-state index contributed by atoms with van der Waals surface area (Å²) in [5, 5.41) is 4.44. The number of ketones is 1. The predicted molar refractivity (Wildman–Crippen MR) is 70.2 cm³/mol. The van der Waals surface area contributed by atoms with E-state index in [9.17, 15) is 18.0 Å². The van der Waals surface area contributed by atoms with E-state index in [-0.39, 0.29) is 12.1 Å². The molecule has 0 aliphatic heterocycles. The van der Waals surface area contributed by atoms with Gasteiger partial charge in [-0.1, -0.05) is 11.6 Å². The molecule has 2 aromatic heterocycles. The van der Waals surface area contributed by atoms with E-state index in [4.69, 9.17) is 11.6 Å². The molecular weight excluding hydrogens is 307 g/mol. The summed E-state index contributed by atoms with van der Waals surface area (Å²) in [6, 6.07) is 1.89. The highest BCUT2D eigenvalue weighted by molar-refractivity contribution is 6.32. The van der Waals surface area contributed by atoms with Crippen LogP contribution >= 0.6 is 11.6 Å². The molecule has 0 radical (unpaired) electrons. The van der Waals surface area contributed by atoms with Gasteiger partial charge in [0, 0.05) is 13.2 Å². The Bertz CT molecular complexity index is 677. The smallest absolute Gasteiger partial charge is 0.292 e. The van der Waals surface area contributed by atoms with Crippen molar-refractivity contribution in [3.8, 4) is 0 Å². The Kier molecular flexibility index (Phi) is 4.04. The zero-order valence-electron chi connectivity index (χ0n) is 11.2. The second-order valence-corrected chi connectivity index (χ2v) is 4.88. The second kappa shape index (κ2) is 5.48. The molecule has 0 aliphatic carbocycles. The first-order valence-electron chi connectivity index (χ1n) is 5.94. The van der Waals surface area contributed by atoms with Crippen molar-refractivity contribution < 1.29 is 18.0 Å². The fourth-order valence-corrected chi connectivity index (χ4v) is 2.07. The van der Waals surface area contributed by atoms with Crippen molar-refractivity contribution >= 4 is 17.4 Å². The minimum absolute atomic E-state index is 0.0436. The molecule has 112 valence electrons. The van der Waals surface area contributed by atoms with Crippen LogP contribution in [0.1, 0.15) is 27.4 Å². The molecule has 8 heteroatoms. The molecule has 0 bridgehead atoms. The summed E-state index contributed by atoms with van der Waals surface area (Å²) in [4.78, 5) is 15.6. The van der Waals surface area contributed by atoms with Crippen molar-refractivity contribution in [1.29, 1.82) is 0 Å². The first kappa shape index (κ1) is 15.5.